The predicted octanol–water partition coefficient (Wildman–Crippen LogP) is 2.74. The van der Waals surface area contributed by atoms with Crippen molar-refractivity contribution >= 4 is 21.5 Å². The van der Waals surface area contributed by atoms with Crippen LogP contribution in [0.2, 0.25) is 0 Å². The van der Waals surface area contributed by atoms with Gasteiger partial charge in [0.25, 0.3) is 10.0 Å². The molecule has 30 heavy (non-hydrogen) atoms. The van der Waals surface area contributed by atoms with Crippen LogP contribution in [0.1, 0.15) is 5.69 Å². The fourth-order valence-corrected chi connectivity index (χ4v) is 4.36. The SMILES string of the molecule is O=S(=O)(Nc1ccc(N2CCN(Cc3ccccn3)CC2)nc1)c1ccc(F)cc1. The van der Waals surface area contributed by atoms with Gasteiger partial charge in [-0.15, -0.1) is 0 Å². The second-order valence-electron chi connectivity index (χ2n) is 7.05. The van der Waals surface area contributed by atoms with Crippen LogP contribution in [-0.4, -0.2) is 49.5 Å². The second-order valence-corrected chi connectivity index (χ2v) is 8.73. The number of sulfonamides is 1. The molecule has 3 aromatic rings. The van der Waals surface area contributed by atoms with E-state index in [-0.39, 0.29) is 4.90 Å². The Kier molecular flexibility index (Phi) is 5.91. The average molecular weight is 428 g/mol. The minimum absolute atomic E-state index is 0.00277. The summed E-state index contributed by atoms with van der Waals surface area (Å²) < 4.78 is 40.3. The molecule has 1 aliphatic rings. The van der Waals surface area contributed by atoms with Gasteiger partial charge in [0.2, 0.25) is 0 Å². The molecule has 0 bridgehead atoms. The van der Waals surface area contributed by atoms with Gasteiger partial charge in [0, 0.05) is 38.9 Å². The minimum atomic E-state index is -3.79. The molecule has 1 aromatic carbocycles. The van der Waals surface area contributed by atoms with Gasteiger partial charge in [-0.3, -0.25) is 14.6 Å². The van der Waals surface area contributed by atoms with Gasteiger partial charge in [-0.05, 0) is 48.5 Å². The first-order valence-electron chi connectivity index (χ1n) is 9.61. The number of benzene rings is 1. The molecule has 0 spiro atoms. The van der Waals surface area contributed by atoms with Gasteiger partial charge in [0.15, 0.2) is 0 Å². The van der Waals surface area contributed by atoms with Crippen LogP contribution in [0.25, 0.3) is 0 Å². The smallest absolute Gasteiger partial charge is 0.261 e. The molecule has 0 aliphatic carbocycles. The number of halogens is 1. The number of nitrogens with zero attached hydrogens (tertiary/aromatic N) is 4. The third kappa shape index (κ3) is 4.92. The van der Waals surface area contributed by atoms with E-state index in [0.29, 0.717) is 5.69 Å². The van der Waals surface area contributed by atoms with E-state index in [4.69, 9.17) is 0 Å². The first-order chi connectivity index (χ1) is 14.5. The zero-order valence-electron chi connectivity index (χ0n) is 16.3. The Hall–Kier alpha value is -3.04. The number of hydrogen-bond donors (Lipinski definition) is 1. The summed E-state index contributed by atoms with van der Waals surface area (Å²) in [4.78, 5) is 13.3. The van der Waals surface area contributed by atoms with E-state index < -0.39 is 15.8 Å². The van der Waals surface area contributed by atoms with Crippen molar-refractivity contribution in [1.29, 1.82) is 0 Å². The van der Waals surface area contributed by atoms with Gasteiger partial charge in [-0.1, -0.05) is 6.07 Å². The number of piperazine rings is 1. The lowest BCUT2D eigenvalue weighted by Gasteiger charge is -2.35. The number of nitrogens with one attached hydrogen (secondary N) is 1. The predicted molar refractivity (Wildman–Crippen MR) is 113 cm³/mol. The molecule has 0 radical (unpaired) electrons. The molecule has 1 N–H and O–H groups in total. The lowest BCUT2D eigenvalue weighted by atomic mass is 10.2. The number of anilines is 2. The maximum Gasteiger partial charge on any atom is 0.261 e. The molecule has 2 aromatic heterocycles. The molecule has 3 heterocycles. The molecule has 0 saturated carbocycles. The standard InChI is InChI=1S/C21H22FN5O2S/c22-17-4-7-20(8-5-17)30(28,29)25-18-6-9-21(24-15-18)27-13-11-26(12-14-27)16-19-3-1-2-10-23-19/h1-10,15,25H,11-14,16H2. The Balaban J connectivity index is 1.34. The fraction of sp³-hybridized carbons (Fsp3) is 0.238. The lowest BCUT2D eigenvalue weighted by molar-refractivity contribution is 0.246. The van der Waals surface area contributed by atoms with Crippen molar-refractivity contribution in [3.63, 3.8) is 0 Å². The van der Waals surface area contributed by atoms with Crippen molar-refractivity contribution in [2.24, 2.45) is 0 Å². The van der Waals surface area contributed by atoms with Crippen LogP contribution >= 0.6 is 0 Å². The van der Waals surface area contributed by atoms with Gasteiger partial charge in [0.05, 0.1) is 22.5 Å². The summed E-state index contributed by atoms with van der Waals surface area (Å²) >= 11 is 0. The van der Waals surface area contributed by atoms with E-state index in [1.54, 1.807) is 18.3 Å². The van der Waals surface area contributed by atoms with Crippen molar-refractivity contribution in [1.82, 2.24) is 14.9 Å². The Labute approximate surface area is 175 Å². The van der Waals surface area contributed by atoms with Gasteiger partial charge in [-0.2, -0.15) is 0 Å². The summed E-state index contributed by atoms with van der Waals surface area (Å²) in [7, 11) is -3.79. The zero-order chi connectivity index (χ0) is 21.0. The van der Waals surface area contributed by atoms with Crippen molar-refractivity contribution < 1.29 is 12.8 Å². The zero-order valence-corrected chi connectivity index (χ0v) is 17.1. The average Bonchev–Trinajstić information content (AvgIpc) is 2.76. The second kappa shape index (κ2) is 8.76. The van der Waals surface area contributed by atoms with E-state index in [0.717, 1.165) is 56.4 Å². The summed E-state index contributed by atoms with van der Waals surface area (Å²) in [5.74, 6) is 0.317. The summed E-state index contributed by atoms with van der Waals surface area (Å²) in [6.07, 6.45) is 3.30. The van der Waals surface area contributed by atoms with Gasteiger partial charge in [-0.25, -0.2) is 17.8 Å². The van der Waals surface area contributed by atoms with Crippen molar-refractivity contribution in [2.75, 3.05) is 35.8 Å². The fourth-order valence-electron chi connectivity index (χ4n) is 3.32. The Morgan fingerprint density at radius 1 is 0.933 bits per heavy atom. The summed E-state index contributed by atoms with van der Waals surface area (Å²) in [5.41, 5.74) is 1.42. The van der Waals surface area contributed by atoms with Crippen LogP contribution in [0, 0.1) is 5.82 Å². The van der Waals surface area contributed by atoms with Crippen LogP contribution < -0.4 is 9.62 Å². The number of pyridine rings is 2. The molecule has 156 valence electrons. The van der Waals surface area contributed by atoms with E-state index >= 15 is 0 Å². The molecule has 1 saturated heterocycles. The molecule has 0 amide bonds. The molecular formula is C21H22FN5O2S. The summed E-state index contributed by atoms with van der Waals surface area (Å²) in [6, 6.07) is 14.1. The van der Waals surface area contributed by atoms with Crippen molar-refractivity contribution in [3.05, 3.63) is 78.5 Å². The lowest BCUT2D eigenvalue weighted by Crippen LogP contribution is -2.46. The third-order valence-electron chi connectivity index (χ3n) is 4.93. The monoisotopic (exact) mass is 427 g/mol. The maximum absolute atomic E-state index is 13.0. The quantitative estimate of drug-likeness (QED) is 0.652. The number of rotatable bonds is 6. The van der Waals surface area contributed by atoms with Gasteiger partial charge < -0.3 is 4.90 Å². The third-order valence-corrected chi connectivity index (χ3v) is 6.33. The highest BCUT2D eigenvalue weighted by Crippen LogP contribution is 2.20. The van der Waals surface area contributed by atoms with E-state index in [1.807, 2.05) is 18.2 Å². The topological polar surface area (TPSA) is 78.4 Å². The molecule has 7 nitrogen and oxygen atoms in total. The van der Waals surface area contributed by atoms with E-state index in [1.165, 1.54) is 18.3 Å². The van der Waals surface area contributed by atoms with Crippen molar-refractivity contribution in [3.8, 4) is 0 Å². The molecule has 0 unspecified atom stereocenters. The van der Waals surface area contributed by atoms with Crippen LogP contribution in [-0.2, 0) is 16.6 Å². The highest BCUT2D eigenvalue weighted by molar-refractivity contribution is 7.92. The van der Waals surface area contributed by atoms with Crippen LogP contribution in [0.4, 0.5) is 15.9 Å². The van der Waals surface area contributed by atoms with E-state index in [9.17, 15) is 12.8 Å². The van der Waals surface area contributed by atoms with Crippen LogP contribution in [0.15, 0.2) is 71.9 Å². The molecule has 1 fully saturated rings. The molecule has 0 atom stereocenters. The highest BCUT2D eigenvalue weighted by atomic mass is 32.2. The number of hydrogen-bond acceptors (Lipinski definition) is 6. The van der Waals surface area contributed by atoms with Crippen molar-refractivity contribution in [2.45, 2.75) is 11.4 Å². The number of aromatic nitrogens is 2. The normalized spacial score (nSPS) is 15.2. The first-order valence-corrected chi connectivity index (χ1v) is 11.1. The maximum atomic E-state index is 13.0. The molecular weight excluding hydrogens is 405 g/mol. The molecule has 9 heteroatoms. The Morgan fingerprint density at radius 3 is 2.33 bits per heavy atom. The summed E-state index contributed by atoms with van der Waals surface area (Å²) in [5, 5.41) is 0. The Bertz CT molecular complexity index is 1070. The molecule has 4 rings (SSSR count). The van der Waals surface area contributed by atoms with Gasteiger partial charge in [0.1, 0.15) is 11.6 Å². The molecule has 1 aliphatic heterocycles. The van der Waals surface area contributed by atoms with Crippen LogP contribution in [0.5, 0.6) is 0 Å². The Morgan fingerprint density at radius 2 is 1.70 bits per heavy atom. The highest BCUT2D eigenvalue weighted by Gasteiger charge is 2.19. The minimum Gasteiger partial charge on any atom is -0.354 e. The first kappa shape index (κ1) is 20.2. The largest absolute Gasteiger partial charge is 0.354 e. The van der Waals surface area contributed by atoms with Gasteiger partial charge >= 0.3 is 0 Å². The van der Waals surface area contributed by atoms with E-state index in [2.05, 4.69) is 24.5 Å². The summed E-state index contributed by atoms with van der Waals surface area (Å²) in [6.45, 7) is 4.29. The van der Waals surface area contributed by atoms with Crippen LogP contribution in [0.3, 0.4) is 0 Å².